The van der Waals surface area contributed by atoms with Gasteiger partial charge in [-0.25, -0.2) is 8.42 Å². The molecule has 1 aliphatic rings. The molecule has 5 nitrogen and oxygen atoms in total. The van der Waals surface area contributed by atoms with E-state index in [0.29, 0.717) is 29.9 Å². The average Bonchev–Trinajstić information content (AvgIpc) is 3.14. The van der Waals surface area contributed by atoms with Crippen LogP contribution in [0.4, 0.5) is 0 Å². The number of halogens is 1. The molecule has 3 aromatic rings. The van der Waals surface area contributed by atoms with Crippen LogP contribution in [0, 0.1) is 12.8 Å². The Hall–Kier alpha value is -1.99. The Bertz CT molecular complexity index is 1070. The average molecular weight is 418 g/mol. The van der Waals surface area contributed by atoms with Gasteiger partial charge in [-0.3, -0.25) is 4.98 Å². The Morgan fingerprint density at radius 2 is 1.82 bits per heavy atom. The molecule has 0 bridgehead atoms. The summed E-state index contributed by atoms with van der Waals surface area (Å²) in [5.41, 5.74) is 8.82. The summed E-state index contributed by atoms with van der Waals surface area (Å²) in [5.74, 6) is 0.220. The van der Waals surface area contributed by atoms with Gasteiger partial charge in [-0.15, -0.1) is 12.4 Å². The van der Waals surface area contributed by atoms with E-state index in [9.17, 15) is 8.42 Å². The molecule has 2 N–H and O–H groups in total. The van der Waals surface area contributed by atoms with Crippen LogP contribution in [0.1, 0.15) is 17.0 Å². The first-order chi connectivity index (χ1) is 13.0. The van der Waals surface area contributed by atoms with Gasteiger partial charge in [0.05, 0.1) is 10.4 Å². The van der Waals surface area contributed by atoms with Crippen molar-refractivity contribution >= 4 is 33.3 Å². The smallest absolute Gasteiger partial charge is 0.243 e. The van der Waals surface area contributed by atoms with E-state index < -0.39 is 10.0 Å². The Balaban J connectivity index is 0.00000225. The van der Waals surface area contributed by atoms with Crippen molar-refractivity contribution in [1.82, 2.24) is 9.29 Å². The second-order valence-corrected chi connectivity index (χ2v) is 9.02. The van der Waals surface area contributed by atoms with Crippen molar-refractivity contribution in [3.8, 4) is 0 Å². The number of hydrogen-bond donors (Lipinski definition) is 1. The summed E-state index contributed by atoms with van der Waals surface area (Å²) >= 11 is 0. The third-order valence-electron chi connectivity index (χ3n) is 5.49. The summed E-state index contributed by atoms with van der Waals surface area (Å²) in [4.78, 5) is 4.69. The molecule has 1 aliphatic heterocycles. The maximum absolute atomic E-state index is 13.5. The molecular formula is C21H24ClN3O2S. The number of aromatic nitrogens is 1. The fourth-order valence-corrected chi connectivity index (χ4v) is 5.70. The van der Waals surface area contributed by atoms with Crippen LogP contribution in [0.2, 0.25) is 0 Å². The highest BCUT2D eigenvalue weighted by molar-refractivity contribution is 7.89. The normalized spacial score (nSPS) is 20.2. The SMILES string of the molecule is Cc1ccc(S(=O)(=O)N2C[C@@H](CN)[C@H](c3ccccc3)C2)c2cccnc12.Cl. The first kappa shape index (κ1) is 20.7. The molecule has 148 valence electrons. The lowest BCUT2D eigenvalue weighted by atomic mass is 9.89. The van der Waals surface area contributed by atoms with Gasteiger partial charge in [0.15, 0.2) is 0 Å². The standard InChI is InChI=1S/C21H23N3O2S.ClH/c1-15-9-10-20(18-8-5-11-23-21(15)18)27(25,26)24-13-17(12-22)19(14-24)16-6-3-2-4-7-16;/h2-11,17,19H,12-14,22H2,1H3;1H/t17-,19+;/m1./s1. The van der Waals surface area contributed by atoms with E-state index in [0.717, 1.165) is 16.6 Å². The summed E-state index contributed by atoms with van der Waals surface area (Å²) in [6, 6.07) is 17.2. The number of rotatable bonds is 4. The second-order valence-electron chi connectivity index (χ2n) is 7.12. The fraction of sp³-hybridized carbons (Fsp3) is 0.286. The van der Waals surface area contributed by atoms with Crippen molar-refractivity contribution in [2.24, 2.45) is 11.7 Å². The molecule has 2 aromatic carbocycles. The van der Waals surface area contributed by atoms with Gasteiger partial charge in [0.1, 0.15) is 0 Å². The summed E-state index contributed by atoms with van der Waals surface area (Å²) in [7, 11) is -3.63. The quantitative estimate of drug-likeness (QED) is 0.706. The van der Waals surface area contributed by atoms with Crippen molar-refractivity contribution in [2.75, 3.05) is 19.6 Å². The maximum atomic E-state index is 13.5. The zero-order valence-electron chi connectivity index (χ0n) is 15.7. The molecule has 0 radical (unpaired) electrons. The third kappa shape index (κ3) is 3.53. The molecule has 7 heteroatoms. The van der Waals surface area contributed by atoms with E-state index in [1.165, 1.54) is 0 Å². The summed E-state index contributed by atoms with van der Waals surface area (Å²) in [5, 5.41) is 0.671. The van der Waals surface area contributed by atoms with Gasteiger partial charge in [0, 0.05) is 30.6 Å². The molecule has 0 spiro atoms. The van der Waals surface area contributed by atoms with Gasteiger partial charge < -0.3 is 5.73 Å². The van der Waals surface area contributed by atoms with E-state index in [1.807, 2.05) is 37.3 Å². The number of hydrogen-bond acceptors (Lipinski definition) is 4. The summed E-state index contributed by atoms with van der Waals surface area (Å²) in [6.45, 7) is 3.29. The van der Waals surface area contributed by atoms with Gasteiger partial charge in [0.25, 0.3) is 0 Å². The first-order valence-corrected chi connectivity index (χ1v) is 10.6. The number of nitrogens with zero attached hydrogens (tertiary/aromatic N) is 2. The molecule has 28 heavy (non-hydrogen) atoms. The van der Waals surface area contributed by atoms with Crippen molar-refractivity contribution < 1.29 is 8.42 Å². The minimum Gasteiger partial charge on any atom is -0.330 e. The van der Waals surface area contributed by atoms with Crippen LogP contribution in [0.25, 0.3) is 10.9 Å². The van der Waals surface area contributed by atoms with Gasteiger partial charge in [-0.2, -0.15) is 4.31 Å². The summed E-state index contributed by atoms with van der Waals surface area (Å²) in [6.07, 6.45) is 1.69. The van der Waals surface area contributed by atoms with E-state index in [4.69, 9.17) is 5.73 Å². The fourth-order valence-electron chi connectivity index (χ4n) is 4.00. The van der Waals surface area contributed by atoms with E-state index in [2.05, 4.69) is 17.1 Å². The Kier molecular flexibility index (Phi) is 6.05. The maximum Gasteiger partial charge on any atom is 0.243 e. The molecule has 0 saturated carbocycles. The van der Waals surface area contributed by atoms with Crippen molar-refractivity contribution in [2.45, 2.75) is 17.7 Å². The van der Waals surface area contributed by atoms with Gasteiger partial charge in [-0.1, -0.05) is 36.4 Å². The molecule has 1 aromatic heterocycles. The number of nitrogens with two attached hydrogens (primary N) is 1. The molecule has 1 saturated heterocycles. The zero-order chi connectivity index (χ0) is 19.0. The van der Waals surface area contributed by atoms with Crippen LogP contribution in [-0.4, -0.2) is 37.3 Å². The van der Waals surface area contributed by atoms with Crippen LogP contribution in [0.15, 0.2) is 65.7 Å². The Labute approximate surface area is 172 Å². The minimum absolute atomic E-state index is 0. The lowest BCUT2D eigenvalue weighted by Gasteiger charge is -2.18. The number of benzene rings is 2. The molecular weight excluding hydrogens is 394 g/mol. The van der Waals surface area contributed by atoms with Crippen LogP contribution in [-0.2, 0) is 10.0 Å². The van der Waals surface area contributed by atoms with Gasteiger partial charge in [0.2, 0.25) is 10.0 Å². The number of pyridine rings is 1. The van der Waals surface area contributed by atoms with Crippen molar-refractivity contribution in [1.29, 1.82) is 0 Å². The molecule has 0 amide bonds. The Morgan fingerprint density at radius 1 is 1.07 bits per heavy atom. The monoisotopic (exact) mass is 417 g/mol. The Morgan fingerprint density at radius 3 is 2.54 bits per heavy atom. The van der Waals surface area contributed by atoms with Crippen molar-refractivity contribution in [3.05, 3.63) is 71.9 Å². The predicted molar refractivity (Wildman–Crippen MR) is 114 cm³/mol. The zero-order valence-corrected chi connectivity index (χ0v) is 17.3. The molecule has 0 unspecified atom stereocenters. The lowest BCUT2D eigenvalue weighted by molar-refractivity contribution is 0.459. The highest BCUT2D eigenvalue weighted by Gasteiger charge is 2.39. The lowest BCUT2D eigenvalue weighted by Crippen LogP contribution is -2.30. The van der Waals surface area contributed by atoms with Crippen LogP contribution in [0.3, 0.4) is 0 Å². The highest BCUT2D eigenvalue weighted by Crippen LogP contribution is 2.36. The largest absolute Gasteiger partial charge is 0.330 e. The number of aryl methyl sites for hydroxylation is 1. The summed E-state index contributed by atoms with van der Waals surface area (Å²) < 4.78 is 28.5. The minimum atomic E-state index is -3.63. The molecule has 2 atom stereocenters. The second kappa shape index (κ2) is 8.17. The van der Waals surface area contributed by atoms with Crippen molar-refractivity contribution in [3.63, 3.8) is 0 Å². The first-order valence-electron chi connectivity index (χ1n) is 9.12. The topological polar surface area (TPSA) is 76.3 Å². The van der Waals surface area contributed by atoms with Crippen LogP contribution < -0.4 is 5.73 Å². The van der Waals surface area contributed by atoms with E-state index >= 15 is 0 Å². The molecule has 1 fully saturated rings. The number of sulfonamides is 1. The van der Waals surface area contributed by atoms with E-state index in [1.54, 1.807) is 22.6 Å². The molecule has 2 heterocycles. The van der Waals surface area contributed by atoms with E-state index in [-0.39, 0.29) is 24.2 Å². The predicted octanol–water partition coefficient (Wildman–Crippen LogP) is 3.33. The third-order valence-corrected chi connectivity index (χ3v) is 7.38. The van der Waals surface area contributed by atoms with Crippen LogP contribution >= 0.6 is 12.4 Å². The molecule has 0 aliphatic carbocycles. The van der Waals surface area contributed by atoms with Gasteiger partial charge >= 0.3 is 0 Å². The van der Waals surface area contributed by atoms with Crippen LogP contribution in [0.5, 0.6) is 0 Å². The molecule has 4 rings (SSSR count). The highest BCUT2D eigenvalue weighted by atomic mass is 35.5. The van der Waals surface area contributed by atoms with Gasteiger partial charge in [-0.05, 0) is 48.7 Å². The number of fused-ring (bicyclic) bond motifs is 1.